The molecule has 8 heteroatoms. The second-order valence-corrected chi connectivity index (χ2v) is 8.36. The number of esters is 1. The van der Waals surface area contributed by atoms with E-state index in [0.29, 0.717) is 55.2 Å². The molecule has 0 unspecified atom stereocenters. The van der Waals surface area contributed by atoms with E-state index in [2.05, 4.69) is 29.3 Å². The van der Waals surface area contributed by atoms with E-state index in [-0.39, 0.29) is 17.4 Å². The first kappa shape index (κ1) is 21.1. The smallest absolute Gasteiger partial charge is 0.309 e. The summed E-state index contributed by atoms with van der Waals surface area (Å²) in [6, 6.07) is 4.21. The molecule has 0 bridgehead atoms. The molecule has 8 nitrogen and oxygen atoms in total. The van der Waals surface area contributed by atoms with Gasteiger partial charge in [-0.15, -0.1) is 0 Å². The number of rotatable bonds is 4. The van der Waals surface area contributed by atoms with Crippen LogP contribution in [0.1, 0.15) is 36.5 Å². The SMILES string of the molecule is CCOC(=O)C1CCN(c2nc3n[nH]c(-c4c(C)cc(C)cc4C)c3c(=O)n2C)CC1. The summed E-state index contributed by atoms with van der Waals surface area (Å²) in [6.07, 6.45) is 1.36. The Morgan fingerprint density at radius 1 is 1.19 bits per heavy atom. The highest BCUT2D eigenvalue weighted by Crippen LogP contribution is 2.31. The van der Waals surface area contributed by atoms with Crippen molar-refractivity contribution in [3.63, 3.8) is 0 Å². The minimum Gasteiger partial charge on any atom is -0.466 e. The van der Waals surface area contributed by atoms with E-state index in [9.17, 15) is 9.59 Å². The number of aryl methyl sites for hydroxylation is 3. The van der Waals surface area contributed by atoms with Crippen molar-refractivity contribution in [1.29, 1.82) is 0 Å². The lowest BCUT2D eigenvalue weighted by Gasteiger charge is -2.32. The Balaban J connectivity index is 1.70. The highest BCUT2D eigenvalue weighted by atomic mass is 16.5. The van der Waals surface area contributed by atoms with Crippen LogP contribution >= 0.6 is 0 Å². The maximum Gasteiger partial charge on any atom is 0.309 e. The van der Waals surface area contributed by atoms with Gasteiger partial charge in [0.15, 0.2) is 5.65 Å². The van der Waals surface area contributed by atoms with Crippen molar-refractivity contribution in [3.8, 4) is 11.3 Å². The largest absolute Gasteiger partial charge is 0.466 e. The van der Waals surface area contributed by atoms with E-state index in [1.807, 2.05) is 25.7 Å². The van der Waals surface area contributed by atoms with Gasteiger partial charge in [0.2, 0.25) is 5.95 Å². The first-order chi connectivity index (χ1) is 14.8. The number of nitrogens with one attached hydrogen (secondary N) is 1. The number of carbonyl (C=O) groups is 1. The molecule has 31 heavy (non-hydrogen) atoms. The average Bonchev–Trinajstić information content (AvgIpc) is 3.14. The van der Waals surface area contributed by atoms with Crippen LogP contribution < -0.4 is 10.5 Å². The normalized spacial score (nSPS) is 14.9. The summed E-state index contributed by atoms with van der Waals surface area (Å²) in [5.74, 6) is 0.344. The number of fused-ring (bicyclic) bond motifs is 1. The number of anilines is 1. The summed E-state index contributed by atoms with van der Waals surface area (Å²) in [7, 11) is 1.74. The maximum atomic E-state index is 13.4. The summed E-state index contributed by atoms with van der Waals surface area (Å²) in [5, 5.41) is 7.94. The Hall–Kier alpha value is -3.16. The molecule has 0 saturated carbocycles. The number of carbonyl (C=O) groups excluding carboxylic acids is 1. The quantitative estimate of drug-likeness (QED) is 0.649. The second kappa shape index (κ2) is 8.17. The number of piperidine rings is 1. The molecule has 4 rings (SSSR count). The predicted octanol–water partition coefficient (Wildman–Crippen LogP) is 3.03. The topological polar surface area (TPSA) is 93.1 Å². The number of nitrogens with zero attached hydrogens (tertiary/aromatic N) is 4. The van der Waals surface area contributed by atoms with Gasteiger partial charge in [-0.25, -0.2) is 0 Å². The molecule has 0 amide bonds. The molecule has 1 saturated heterocycles. The van der Waals surface area contributed by atoms with Gasteiger partial charge in [-0.2, -0.15) is 10.1 Å². The fourth-order valence-electron chi connectivity index (χ4n) is 4.66. The maximum absolute atomic E-state index is 13.4. The molecule has 1 aliphatic heterocycles. The van der Waals surface area contributed by atoms with Crippen LogP contribution in [-0.4, -0.2) is 45.4 Å². The lowest BCUT2D eigenvalue weighted by Crippen LogP contribution is -2.40. The van der Waals surface area contributed by atoms with Crippen LogP contribution in [0, 0.1) is 26.7 Å². The summed E-state index contributed by atoms with van der Waals surface area (Å²) in [6.45, 7) is 9.65. The van der Waals surface area contributed by atoms with Gasteiger partial charge in [0.25, 0.3) is 5.56 Å². The van der Waals surface area contributed by atoms with Crippen molar-refractivity contribution < 1.29 is 9.53 Å². The molecule has 0 spiro atoms. The van der Waals surface area contributed by atoms with Gasteiger partial charge >= 0.3 is 5.97 Å². The van der Waals surface area contributed by atoms with Crippen molar-refractivity contribution in [2.75, 3.05) is 24.6 Å². The van der Waals surface area contributed by atoms with Gasteiger partial charge in [-0.3, -0.25) is 19.3 Å². The van der Waals surface area contributed by atoms with Crippen molar-refractivity contribution in [1.82, 2.24) is 19.7 Å². The standard InChI is InChI=1S/C23H29N5O3/c1-6-31-22(30)16-7-9-28(10-8-16)23-24-20-18(21(29)27(23)5)19(25-26-20)17-14(3)11-13(2)12-15(17)4/h11-12,16H,6-10H2,1-5H3,(H,25,26). The van der Waals surface area contributed by atoms with Gasteiger partial charge in [0.1, 0.15) is 5.39 Å². The number of aromatic nitrogens is 4. The van der Waals surface area contributed by atoms with Crippen LogP contribution in [0.15, 0.2) is 16.9 Å². The molecular weight excluding hydrogens is 394 g/mol. The number of ether oxygens (including phenoxy) is 1. The zero-order valence-corrected chi connectivity index (χ0v) is 18.8. The third-order valence-electron chi connectivity index (χ3n) is 6.10. The van der Waals surface area contributed by atoms with E-state index in [1.54, 1.807) is 11.6 Å². The Kier molecular flexibility index (Phi) is 5.56. The third-order valence-corrected chi connectivity index (χ3v) is 6.10. The molecule has 0 radical (unpaired) electrons. The number of hydrogen-bond acceptors (Lipinski definition) is 6. The van der Waals surface area contributed by atoms with Crippen molar-refractivity contribution >= 4 is 23.0 Å². The lowest BCUT2D eigenvalue weighted by molar-refractivity contribution is -0.148. The second-order valence-electron chi connectivity index (χ2n) is 8.36. The number of hydrogen-bond donors (Lipinski definition) is 1. The Labute approximate surface area is 181 Å². The third kappa shape index (κ3) is 3.71. The molecule has 0 atom stereocenters. The number of benzene rings is 1. The zero-order valence-electron chi connectivity index (χ0n) is 18.8. The fourth-order valence-corrected chi connectivity index (χ4v) is 4.66. The Morgan fingerprint density at radius 3 is 2.45 bits per heavy atom. The van der Waals surface area contributed by atoms with Gasteiger partial charge in [-0.1, -0.05) is 17.7 Å². The molecule has 1 fully saturated rings. The molecule has 1 aliphatic rings. The fraction of sp³-hybridized carbons (Fsp3) is 0.478. The minimum atomic E-state index is -0.139. The Bertz CT molecular complexity index is 1180. The van der Waals surface area contributed by atoms with Crippen molar-refractivity contribution in [2.24, 2.45) is 13.0 Å². The Morgan fingerprint density at radius 2 is 1.84 bits per heavy atom. The molecule has 3 aromatic rings. The predicted molar refractivity (Wildman–Crippen MR) is 120 cm³/mol. The molecular formula is C23H29N5O3. The van der Waals surface area contributed by atoms with E-state index < -0.39 is 0 Å². The van der Waals surface area contributed by atoms with Gasteiger partial charge in [0.05, 0.1) is 18.2 Å². The van der Waals surface area contributed by atoms with Crippen molar-refractivity contribution in [3.05, 3.63) is 39.2 Å². The highest BCUT2D eigenvalue weighted by Gasteiger charge is 2.28. The van der Waals surface area contributed by atoms with Crippen LogP contribution in [0.3, 0.4) is 0 Å². The van der Waals surface area contributed by atoms with E-state index in [4.69, 9.17) is 9.72 Å². The first-order valence-electron chi connectivity index (χ1n) is 10.8. The van der Waals surface area contributed by atoms with Crippen molar-refractivity contribution in [2.45, 2.75) is 40.5 Å². The summed E-state index contributed by atoms with van der Waals surface area (Å²) < 4.78 is 6.74. The first-order valence-corrected chi connectivity index (χ1v) is 10.8. The lowest BCUT2D eigenvalue weighted by atomic mass is 9.96. The average molecular weight is 424 g/mol. The number of aromatic amines is 1. The van der Waals surface area contributed by atoms with Gasteiger partial charge in [0, 0.05) is 25.7 Å². The number of H-pyrrole nitrogens is 1. The van der Waals surface area contributed by atoms with E-state index in [1.165, 1.54) is 5.56 Å². The van der Waals surface area contributed by atoms with Crippen LogP contribution in [0.5, 0.6) is 0 Å². The summed E-state index contributed by atoms with van der Waals surface area (Å²) in [4.78, 5) is 32.1. The van der Waals surface area contributed by atoms with Gasteiger partial charge in [-0.05, 0) is 51.7 Å². The minimum absolute atomic E-state index is 0.0959. The highest BCUT2D eigenvalue weighted by molar-refractivity contribution is 5.92. The molecule has 3 heterocycles. The molecule has 0 aliphatic carbocycles. The summed E-state index contributed by atoms with van der Waals surface area (Å²) >= 11 is 0. The molecule has 1 aromatic carbocycles. The van der Waals surface area contributed by atoms with Crippen LogP contribution in [0.25, 0.3) is 22.3 Å². The monoisotopic (exact) mass is 423 g/mol. The van der Waals surface area contributed by atoms with Gasteiger partial charge < -0.3 is 9.64 Å². The molecule has 1 N–H and O–H groups in total. The van der Waals surface area contributed by atoms with E-state index >= 15 is 0 Å². The van der Waals surface area contributed by atoms with E-state index in [0.717, 1.165) is 16.7 Å². The summed E-state index contributed by atoms with van der Waals surface area (Å²) in [5.41, 5.74) is 5.36. The van der Waals surface area contributed by atoms with Crippen LogP contribution in [0.2, 0.25) is 0 Å². The van der Waals surface area contributed by atoms with Crippen LogP contribution in [-0.2, 0) is 16.6 Å². The molecule has 2 aromatic heterocycles. The zero-order chi connectivity index (χ0) is 22.3. The van der Waals surface area contributed by atoms with Crippen LogP contribution in [0.4, 0.5) is 5.95 Å². The molecule has 164 valence electrons.